The number of aliphatic hydroxyl groups excluding tert-OH is 12. The summed E-state index contributed by atoms with van der Waals surface area (Å²) in [6, 6.07) is 0. The van der Waals surface area contributed by atoms with Crippen molar-refractivity contribution in [3.05, 3.63) is 0 Å². The van der Waals surface area contributed by atoms with Crippen molar-refractivity contribution < 1.29 is 143 Å². The molecule has 3 aliphatic heterocycles. The summed E-state index contributed by atoms with van der Waals surface area (Å²) in [7, 11) is 6.31. The zero-order valence-electron chi connectivity index (χ0n) is 66.8. The summed E-state index contributed by atoms with van der Waals surface area (Å²) in [5, 5.41) is 122. The van der Waals surface area contributed by atoms with Gasteiger partial charge in [-0.25, -0.2) is 0 Å². The van der Waals surface area contributed by atoms with Crippen molar-refractivity contribution in [1.82, 2.24) is 0 Å². The van der Waals surface area contributed by atoms with E-state index in [-0.39, 0.29) is 97.1 Å². The number of Topliss-reactive ketones (excluding diaryl/α,β-unsaturated/α-hetero) is 9. The Hall–Kier alpha value is -3.77. The van der Waals surface area contributed by atoms with Crippen molar-refractivity contribution in [2.24, 2.45) is 59.2 Å². The fourth-order valence-electron chi connectivity index (χ4n) is 11.6. The van der Waals surface area contributed by atoms with E-state index >= 15 is 0 Å². The van der Waals surface area contributed by atoms with E-state index < -0.39 is 139 Å². The van der Waals surface area contributed by atoms with Crippen LogP contribution < -0.4 is 0 Å². The molecule has 0 radical (unpaired) electrons. The second-order valence-corrected chi connectivity index (χ2v) is 29.1. The van der Waals surface area contributed by atoms with E-state index in [2.05, 4.69) is 60.1 Å². The number of ether oxygens (including phenoxy) is 7. The topological polar surface area (TPSA) is 481 Å². The average molecular weight is 1510 g/mol. The maximum absolute atomic E-state index is 11.5. The molecule has 104 heavy (non-hydrogen) atoms. The molecule has 0 bridgehead atoms. The molecule has 0 aromatic rings. The van der Waals surface area contributed by atoms with Crippen LogP contribution in [0.15, 0.2) is 0 Å². The van der Waals surface area contributed by atoms with Gasteiger partial charge in [-0.1, -0.05) is 118 Å². The van der Waals surface area contributed by atoms with Crippen LogP contribution in [0.25, 0.3) is 0 Å². The molecule has 26 unspecified atom stereocenters. The summed E-state index contributed by atoms with van der Waals surface area (Å²) < 4.78 is 36.0. The van der Waals surface area contributed by atoms with Crippen LogP contribution in [-0.2, 0) is 76.3 Å². The van der Waals surface area contributed by atoms with Gasteiger partial charge in [-0.3, -0.25) is 43.2 Å². The Kier molecular flexibility index (Phi) is 55.6. The summed E-state index contributed by atoms with van der Waals surface area (Å²) in [6.07, 6.45) is -18.2. The fourth-order valence-corrected chi connectivity index (χ4v) is 11.6. The molecule has 1 saturated carbocycles. The van der Waals surface area contributed by atoms with Crippen LogP contribution in [0, 0.1) is 59.2 Å². The van der Waals surface area contributed by atoms with Gasteiger partial charge < -0.3 is 99.5 Å². The average Bonchev–Trinajstić information content (AvgIpc) is 0.819. The Morgan fingerprint density at radius 3 is 1.11 bits per heavy atom. The lowest BCUT2D eigenvalue weighted by Crippen LogP contribution is -2.59. The number of hydrogen-bond acceptors (Lipinski definition) is 29. The zero-order chi connectivity index (χ0) is 82.1. The molecule has 0 spiro atoms. The van der Waals surface area contributed by atoms with Gasteiger partial charge in [-0.05, 0) is 97.8 Å². The maximum atomic E-state index is 11.5. The van der Waals surface area contributed by atoms with Crippen LogP contribution in [0.5, 0.6) is 0 Å². The third kappa shape index (κ3) is 35.7. The first-order valence-corrected chi connectivity index (χ1v) is 35.7. The standard InChI is InChI=1S/C12H26O.C10H18O4.C10H18O3.C9H16O5.C9H18O2.2C8H14O5.C8H14O4.CH4/c1-8(2)10(5)11(6)12(13-7)9(3)4;1-4-7-9(13)8(12)5(2)10(14-7)6(3)11;1-6(2)9(12)10(13-5)7(3)8(4)11;1-3-5-6(11)7(12)8(13)9(14-5)4(2)10;1-6(2)9(11-5)7(3)8(4)10;1-4(9)8(13)2-5(10)7(12)6(11)3-8;1-3(9)8-7(12)6(11)5(10)4(2)13-8;1-5(6(2)9)8(11)7(10)4-12-3;/h8-12H,1-7H3;5,7-10,12-13H,4H2,1-3H3;6-7,10H,1-5H3;5-9,11-13H,3H2,1-2H3;6-7,9H,1-5H3;5-7,10-13H,2-3H2,1H3;4-8,10-12H,1-2H3;5,8,11H,4H2,1-3H3;1H4. The normalized spacial score (nSPS) is 31.1. The molecular weight excluding hydrogens is 1360 g/mol. The molecule has 4 rings (SSSR count). The Bertz CT molecular complexity index is 2410. The minimum Gasteiger partial charge on any atom is -0.390 e. The van der Waals surface area contributed by atoms with Crippen LogP contribution >= 0.6 is 0 Å². The molecule has 0 aromatic carbocycles. The molecule has 29 heteroatoms. The molecular formula is C75H142O29. The van der Waals surface area contributed by atoms with Crippen LogP contribution in [-0.4, -0.2) is 287 Å². The first kappa shape index (κ1) is 109. The molecule has 3 saturated heterocycles. The van der Waals surface area contributed by atoms with E-state index in [1.807, 2.05) is 21.0 Å². The minimum atomic E-state index is -1.70. The smallest absolute Gasteiger partial charge is 0.187 e. The molecule has 616 valence electrons. The van der Waals surface area contributed by atoms with Crippen LogP contribution in [0.4, 0.5) is 0 Å². The first-order chi connectivity index (χ1) is 47.1. The largest absolute Gasteiger partial charge is 0.390 e. The van der Waals surface area contributed by atoms with E-state index in [0.29, 0.717) is 36.7 Å². The summed E-state index contributed by atoms with van der Waals surface area (Å²) in [5.41, 5.74) is -1.70. The molecule has 4 fully saturated rings. The Labute approximate surface area is 619 Å². The van der Waals surface area contributed by atoms with E-state index in [4.69, 9.17) is 33.5 Å². The number of carbonyl (C=O) groups is 9. The molecule has 4 aliphatic rings. The van der Waals surface area contributed by atoms with Crippen molar-refractivity contribution in [2.45, 2.75) is 333 Å². The highest BCUT2D eigenvalue weighted by atomic mass is 16.6. The lowest BCUT2D eigenvalue weighted by atomic mass is 9.77. The fraction of sp³-hybridized carbons (Fsp3) is 0.880. The van der Waals surface area contributed by atoms with Crippen LogP contribution in [0.1, 0.15) is 199 Å². The molecule has 0 aromatic heterocycles. The van der Waals surface area contributed by atoms with E-state index in [1.165, 1.54) is 69.6 Å². The van der Waals surface area contributed by atoms with Gasteiger partial charge in [0.1, 0.15) is 109 Å². The van der Waals surface area contributed by atoms with Gasteiger partial charge in [0.2, 0.25) is 0 Å². The number of aliphatic hydroxyl groups is 13. The maximum Gasteiger partial charge on any atom is 0.187 e. The van der Waals surface area contributed by atoms with E-state index in [0.717, 1.165) is 11.8 Å². The van der Waals surface area contributed by atoms with Crippen LogP contribution in [0.3, 0.4) is 0 Å². The summed E-state index contributed by atoms with van der Waals surface area (Å²) in [6.45, 7) is 42.9. The van der Waals surface area contributed by atoms with Gasteiger partial charge in [0.25, 0.3) is 0 Å². The van der Waals surface area contributed by atoms with Crippen molar-refractivity contribution in [1.29, 1.82) is 0 Å². The Balaban J connectivity index is -0.000000359. The highest BCUT2D eigenvalue weighted by Gasteiger charge is 2.48. The van der Waals surface area contributed by atoms with Crippen molar-refractivity contribution in [3.8, 4) is 0 Å². The second-order valence-electron chi connectivity index (χ2n) is 29.1. The molecule has 0 amide bonds. The zero-order valence-corrected chi connectivity index (χ0v) is 66.8. The third-order valence-electron chi connectivity index (χ3n) is 19.5. The minimum absolute atomic E-state index is 0. The summed E-state index contributed by atoms with van der Waals surface area (Å²) in [5.74, 6) is -0.0659. The highest BCUT2D eigenvalue weighted by molar-refractivity contribution is 5.92. The van der Waals surface area contributed by atoms with Gasteiger partial charge in [0, 0.05) is 70.9 Å². The lowest BCUT2D eigenvalue weighted by molar-refractivity contribution is -0.219. The number of methoxy groups -OCH3 is 4. The van der Waals surface area contributed by atoms with E-state index in [9.17, 15) is 104 Å². The molecule has 13 N–H and O–H groups in total. The molecule has 3 heterocycles. The van der Waals surface area contributed by atoms with Crippen molar-refractivity contribution >= 4 is 52.0 Å². The highest BCUT2D eigenvalue weighted by Crippen LogP contribution is 2.32. The first-order valence-electron chi connectivity index (χ1n) is 35.7. The quantitative estimate of drug-likeness (QED) is 0.0625. The Morgan fingerprint density at radius 1 is 0.442 bits per heavy atom. The van der Waals surface area contributed by atoms with Gasteiger partial charge in [0.15, 0.2) is 34.7 Å². The van der Waals surface area contributed by atoms with Crippen molar-refractivity contribution in [2.75, 3.05) is 35.0 Å². The van der Waals surface area contributed by atoms with Gasteiger partial charge >= 0.3 is 0 Å². The summed E-state index contributed by atoms with van der Waals surface area (Å²) >= 11 is 0. The predicted octanol–water partition coefficient (Wildman–Crippen LogP) is 2.92. The molecule has 1 aliphatic carbocycles. The van der Waals surface area contributed by atoms with Crippen LogP contribution in [0.2, 0.25) is 0 Å². The monoisotopic (exact) mass is 1510 g/mol. The predicted molar refractivity (Wildman–Crippen MR) is 389 cm³/mol. The second kappa shape index (κ2) is 53.1. The number of rotatable bonds is 25. The number of hydrogen-bond donors (Lipinski definition) is 13. The molecule has 26 atom stereocenters. The SMILES string of the molecule is C.CC(=O)C1(O)CC(O)C(O)C(O)C1.CC(=O)C1OC(C)C(O)C(O)C1O.CCC1OC(C(C)=O)C(C)C(O)C1O.CCC1OC(C(C)=O)C(O)C(O)C1O.COC(C(=O)C(C)C)C(C)C(C)=O.COC(C(C)C)C(C)C(C)=O.COC(C(C)C)C(C)C(C)C(C)C.COCC(=O)C(O)C(C)C(C)=O. The number of carbonyl (C=O) groups excluding carboxylic acids is 9. The van der Waals surface area contributed by atoms with Gasteiger partial charge in [0.05, 0.1) is 48.8 Å². The summed E-state index contributed by atoms with van der Waals surface area (Å²) in [4.78, 5) is 99.4. The lowest BCUT2D eigenvalue weighted by Gasteiger charge is -2.40. The van der Waals surface area contributed by atoms with Gasteiger partial charge in [-0.15, -0.1) is 0 Å². The van der Waals surface area contributed by atoms with Gasteiger partial charge in [-0.2, -0.15) is 0 Å². The molecule has 29 nitrogen and oxygen atoms in total. The Morgan fingerprint density at radius 2 is 0.808 bits per heavy atom. The number of ketones is 9. The third-order valence-corrected chi connectivity index (χ3v) is 19.5. The van der Waals surface area contributed by atoms with Crippen molar-refractivity contribution in [3.63, 3.8) is 0 Å². The van der Waals surface area contributed by atoms with E-state index in [1.54, 1.807) is 48.7 Å².